The summed E-state index contributed by atoms with van der Waals surface area (Å²) in [6, 6.07) is 11.4. The number of carbonyl (C=O) groups is 1. The summed E-state index contributed by atoms with van der Waals surface area (Å²) in [6.07, 6.45) is 1.96. The van der Waals surface area contributed by atoms with Crippen molar-refractivity contribution in [2.24, 2.45) is 0 Å². The molecular weight excluding hydrogens is 314 g/mol. The van der Waals surface area contributed by atoms with Crippen molar-refractivity contribution in [2.45, 2.75) is 12.8 Å². The summed E-state index contributed by atoms with van der Waals surface area (Å²) in [6.45, 7) is 1.65. The first-order chi connectivity index (χ1) is 11.2. The largest absolute Gasteiger partial charge is 0.486 e. The Morgan fingerprint density at radius 1 is 1.13 bits per heavy atom. The number of aryl methyl sites for hydroxylation is 1. The fourth-order valence-corrected chi connectivity index (χ4v) is 3.40. The maximum atomic E-state index is 13.0. The highest BCUT2D eigenvalue weighted by molar-refractivity contribution is 6.33. The van der Waals surface area contributed by atoms with E-state index in [-0.39, 0.29) is 5.91 Å². The highest BCUT2D eigenvalue weighted by atomic mass is 35.5. The number of hydrogen-bond donors (Lipinski definition) is 0. The van der Waals surface area contributed by atoms with Crippen LogP contribution in [0.1, 0.15) is 22.3 Å². The van der Waals surface area contributed by atoms with Gasteiger partial charge in [-0.3, -0.25) is 4.79 Å². The average molecular weight is 330 g/mol. The van der Waals surface area contributed by atoms with Gasteiger partial charge in [0.05, 0.1) is 5.02 Å². The average Bonchev–Trinajstić information content (AvgIpc) is 2.60. The second kappa shape index (κ2) is 5.78. The Bertz CT molecular complexity index is 775. The van der Waals surface area contributed by atoms with Crippen molar-refractivity contribution in [2.75, 3.05) is 24.7 Å². The van der Waals surface area contributed by atoms with E-state index >= 15 is 0 Å². The van der Waals surface area contributed by atoms with Crippen LogP contribution in [0.2, 0.25) is 5.02 Å². The van der Waals surface area contributed by atoms with Gasteiger partial charge in [-0.05, 0) is 36.6 Å². The van der Waals surface area contributed by atoms with Crippen molar-refractivity contribution in [1.29, 1.82) is 0 Å². The second-order valence-electron chi connectivity index (χ2n) is 5.67. The van der Waals surface area contributed by atoms with Crippen LogP contribution >= 0.6 is 11.6 Å². The molecule has 2 aromatic carbocycles. The summed E-state index contributed by atoms with van der Waals surface area (Å²) >= 11 is 6.25. The first-order valence-corrected chi connectivity index (χ1v) is 8.11. The van der Waals surface area contributed by atoms with E-state index in [0.29, 0.717) is 41.8 Å². The van der Waals surface area contributed by atoms with Crippen LogP contribution in [-0.4, -0.2) is 25.7 Å². The van der Waals surface area contributed by atoms with Crippen LogP contribution in [-0.2, 0) is 6.42 Å². The van der Waals surface area contributed by atoms with Gasteiger partial charge in [-0.2, -0.15) is 0 Å². The molecule has 0 bridgehead atoms. The molecule has 118 valence electrons. The molecule has 0 radical (unpaired) electrons. The Morgan fingerprint density at radius 3 is 2.87 bits per heavy atom. The normalized spacial score (nSPS) is 16.0. The van der Waals surface area contributed by atoms with Gasteiger partial charge in [0, 0.05) is 17.8 Å². The minimum absolute atomic E-state index is 0.0592. The quantitative estimate of drug-likeness (QED) is 0.800. The Kier molecular flexibility index (Phi) is 3.62. The molecule has 23 heavy (non-hydrogen) atoms. The number of anilines is 1. The molecule has 0 aliphatic carbocycles. The third-order valence-electron chi connectivity index (χ3n) is 4.20. The summed E-state index contributed by atoms with van der Waals surface area (Å²) in [4.78, 5) is 14.8. The minimum atomic E-state index is -0.0592. The van der Waals surface area contributed by atoms with Crippen molar-refractivity contribution in [3.63, 3.8) is 0 Å². The minimum Gasteiger partial charge on any atom is -0.486 e. The summed E-state index contributed by atoms with van der Waals surface area (Å²) < 4.78 is 11.1. The van der Waals surface area contributed by atoms with Gasteiger partial charge in [0.2, 0.25) is 0 Å². The lowest BCUT2D eigenvalue weighted by atomic mass is 10.0. The van der Waals surface area contributed by atoms with E-state index in [1.54, 1.807) is 12.1 Å². The maximum absolute atomic E-state index is 13.0. The fraction of sp³-hybridized carbons (Fsp3) is 0.278. The highest BCUT2D eigenvalue weighted by Gasteiger charge is 2.26. The molecule has 0 fully saturated rings. The number of fused-ring (bicyclic) bond motifs is 2. The van der Waals surface area contributed by atoms with Crippen LogP contribution in [0.15, 0.2) is 36.4 Å². The van der Waals surface area contributed by atoms with E-state index in [9.17, 15) is 4.79 Å². The molecule has 0 spiro atoms. The van der Waals surface area contributed by atoms with Gasteiger partial charge in [0.25, 0.3) is 5.91 Å². The molecule has 0 atom stereocenters. The zero-order chi connectivity index (χ0) is 15.8. The molecule has 4 rings (SSSR count). The molecular formula is C18H16ClNO3. The van der Waals surface area contributed by atoms with Crippen molar-refractivity contribution >= 4 is 23.2 Å². The molecule has 0 saturated heterocycles. The van der Waals surface area contributed by atoms with E-state index in [4.69, 9.17) is 21.1 Å². The van der Waals surface area contributed by atoms with Crippen LogP contribution < -0.4 is 14.4 Å². The standard InChI is InChI=1S/C18H16ClNO3/c19-14-10-13(11-16-17(14)23-9-8-22-16)18(21)20-7-3-5-12-4-1-2-6-15(12)20/h1-2,4,6,10-11H,3,5,7-9H2. The van der Waals surface area contributed by atoms with E-state index in [0.717, 1.165) is 18.5 Å². The van der Waals surface area contributed by atoms with Gasteiger partial charge < -0.3 is 14.4 Å². The van der Waals surface area contributed by atoms with Crippen molar-refractivity contribution in [3.05, 3.63) is 52.5 Å². The molecule has 0 aromatic heterocycles. The maximum Gasteiger partial charge on any atom is 0.258 e. The van der Waals surface area contributed by atoms with Crippen molar-refractivity contribution in [1.82, 2.24) is 0 Å². The molecule has 2 aromatic rings. The lowest BCUT2D eigenvalue weighted by Gasteiger charge is -2.30. The summed E-state index contributed by atoms with van der Waals surface area (Å²) in [5, 5.41) is 0.413. The SMILES string of the molecule is O=C(c1cc(Cl)c2c(c1)OCCO2)N1CCCc2ccccc21. The molecule has 5 heteroatoms. The molecule has 2 aliphatic rings. The first kappa shape index (κ1) is 14.4. The lowest BCUT2D eigenvalue weighted by molar-refractivity contribution is 0.0984. The summed E-state index contributed by atoms with van der Waals surface area (Å²) in [5.41, 5.74) is 2.71. The highest BCUT2D eigenvalue weighted by Crippen LogP contribution is 2.39. The molecule has 2 heterocycles. The number of halogens is 1. The smallest absolute Gasteiger partial charge is 0.258 e. The Hall–Kier alpha value is -2.20. The zero-order valence-corrected chi connectivity index (χ0v) is 13.3. The van der Waals surface area contributed by atoms with Gasteiger partial charge in [-0.25, -0.2) is 0 Å². The third kappa shape index (κ3) is 2.53. The van der Waals surface area contributed by atoms with E-state index in [1.165, 1.54) is 5.56 Å². The number of nitrogens with zero attached hydrogens (tertiary/aromatic N) is 1. The predicted octanol–water partition coefficient (Wildman–Crippen LogP) is 3.70. The molecule has 0 N–H and O–H groups in total. The van der Waals surface area contributed by atoms with Gasteiger partial charge in [0.15, 0.2) is 11.5 Å². The number of hydrogen-bond acceptors (Lipinski definition) is 3. The van der Waals surface area contributed by atoms with Crippen molar-refractivity contribution < 1.29 is 14.3 Å². The van der Waals surface area contributed by atoms with Crippen LogP contribution in [0, 0.1) is 0 Å². The van der Waals surface area contributed by atoms with Crippen LogP contribution in [0.25, 0.3) is 0 Å². The Balaban J connectivity index is 1.72. The number of carbonyl (C=O) groups excluding carboxylic acids is 1. The molecule has 0 unspecified atom stereocenters. The Morgan fingerprint density at radius 2 is 1.96 bits per heavy atom. The number of para-hydroxylation sites is 1. The van der Waals surface area contributed by atoms with Gasteiger partial charge in [-0.15, -0.1) is 0 Å². The topological polar surface area (TPSA) is 38.8 Å². The van der Waals surface area contributed by atoms with E-state index in [1.807, 2.05) is 23.1 Å². The van der Waals surface area contributed by atoms with Crippen LogP contribution in [0.5, 0.6) is 11.5 Å². The number of benzene rings is 2. The van der Waals surface area contributed by atoms with Crippen molar-refractivity contribution in [3.8, 4) is 11.5 Å². The first-order valence-electron chi connectivity index (χ1n) is 7.73. The van der Waals surface area contributed by atoms with E-state index < -0.39 is 0 Å². The second-order valence-corrected chi connectivity index (χ2v) is 6.08. The summed E-state index contributed by atoms with van der Waals surface area (Å²) in [5.74, 6) is 1.00. The lowest BCUT2D eigenvalue weighted by Crippen LogP contribution is -2.35. The zero-order valence-electron chi connectivity index (χ0n) is 12.5. The van der Waals surface area contributed by atoms with Crippen LogP contribution in [0.3, 0.4) is 0 Å². The molecule has 4 nitrogen and oxygen atoms in total. The number of ether oxygens (including phenoxy) is 2. The van der Waals surface area contributed by atoms with Gasteiger partial charge in [0.1, 0.15) is 13.2 Å². The molecule has 2 aliphatic heterocycles. The summed E-state index contributed by atoms with van der Waals surface area (Å²) in [7, 11) is 0. The molecule has 0 saturated carbocycles. The number of rotatable bonds is 1. The predicted molar refractivity (Wildman–Crippen MR) is 88.9 cm³/mol. The monoisotopic (exact) mass is 329 g/mol. The molecule has 1 amide bonds. The Labute approximate surface area is 139 Å². The van der Waals surface area contributed by atoms with Gasteiger partial charge in [-0.1, -0.05) is 29.8 Å². The van der Waals surface area contributed by atoms with Gasteiger partial charge >= 0.3 is 0 Å². The number of amides is 1. The third-order valence-corrected chi connectivity index (χ3v) is 4.48. The van der Waals surface area contributed by atoms with Crippen LogP contribution in [0.4, 0.5) is 5.69 Å². The fourth-order valence-electron chi connectivity index (χ4n) is 3.13. The van der Waals surface area contributed by atoms with E-state index in [2.05, 4.69) is 6.07 Å².